The molecule has 0 aliphatic heterocycles. The van der Waals surface area contributed by atoms with Crippen molar-refractivity contribution in [2.75, 3.05) is 6.54 Å². The van der Waals surface area contributed by atoms with Gasteiger partial charge in [-0.15, -0.1) is 0 Å². The van der Waals surface area contributed by atoms with E-state index < -0.39 is 0 Å². The van der Waals surface area contributed by atoms with E-state index in [0.717, 1.165) is 11.3 Å². The molecule has 0 spiro atoms. The third-order valence-electron chi connectivity index (χ3n) is 2.88. The number of pyridine rings is 1. The maximum absolute atomic E-state index is 11.8. The molecule has 0 radical (unpaired) electrons. The van der Waals surface area contributed by atoms with E-state index in [1.54, 1.807) is 12.3 Å². The molecule has 0 unspecified atom stereocenters. The van der Waals surface area contributed by atoms with Gasteiger partial charge < -0.3 is 10.1 Å². The fourth-order valence-electron chi connectivity index (χ4n) is 1.71. The maximum atomic E-state index is 11.8. The molecule has 0 aliphatic carbocycles. The number of rotatable bonds is 6. The highest BCUT2D eigenvalue weighted by atomic mass is 16.5. The number of ether oxygens (including phenoxy) is 1. The molecule has 1 heterocycles. The van der Waals surface area contributed by atoms with Gasteiger partial charge in [-0.25, -0.2) is 0 Å². The molecule has 4 nitrogen and oxygen atoms in total. The highest BCUT2D eigenvalue weighted by molar-refractivity contribution is 5.92. The Morgan fingerprint density at radius 3 is 2.57 bits per heavy atom. The lowest BCUT2D eigenvalue weighted by molar-refractivity contribution is 0.0944. The van der Waals surface area contributed by atoms with Gasteiger partial charge >= 0.3 is 0 Å². The molecule has 1 aromatic carbocycles. The second-order valence-corrected chi connectivity index (χ2v) is 5.26. The summed E-state index contributed by atoms with van der Waals surface area (Å²) in [6.45, 7) is 5.19. The molecule has 1 amide bonds. The SMILES string of the molecule is CC(C)CNC(=O)c1ccc(COc2ccccc2)cn1. The molecular formula is C17H20N2O2. The molecule has 0 atom stereocenters. The Balaban J connectivity index is 1.88. The van der Waals surface area contributed by atoms with Gasteiger partial charge in [0.15, 0.2) is 0 Å². The van der Waals surface area contributed by atoms with Gasteiger partial charge in [0, 0.05) is 18.3 Å². The molecule has 0 fully saturated rings. The van der Waals surface area contributed by atoms with Crippen molar-refractivity contribution in [3.05, 3.63) is 59.9 Å². The maximum Gasteiger partial charge on any atom is 0.269 e. The largest absolute Gasteiger partial charge is 0.489 e. The van der Waals surface area contributed by atoms with Crippen molar-refractivity contribution in [2.24, 2.45) is 5.92 Å². The quantitative estimate of drug-likeness (QED) is 0.887. The van der Waals surface area contributed by atoms with Crippen molar-refractivity contribution in [3.8, 4) is 5.75 Å². The number of amides is 1. The number of benzene rings is 1. The van der Waals surface area contributed by atoms with Gasteiger partial charge in [0.05, 0.1) is 0 Å². The minimum atomic E-state index is -0.140. The van der Waals surface area contributed by atoms with Crippen LogP contribution < -0.4 is 10.1 Å². The van der Waals surface area contributed by atoms with Crippen molar-refractivity contribution in [1.82, 2.24) is 10.3 Å². The fourth-order valence-corrected chi connectivity index (χ4v) is 1.71. The zero-order valence-corrected chi connectivity index (χ0v) is 12.4. The first-order valence-corrected chi connectivity index (χ1v) is 7.06. The molecule has 0 bridgehead atoms. The minimum absolute atomic E-state index is 0.140. The molecule has 0 saturated heterocycles. The number of carbonyl (C=O) groups is 1. The van der Waals surface area contributed by atoms with Crippen LogP contribution in [0.4, 0.5) is 0 Å². The lowest BCUT2D eigenvalue weighted by atomic mass is 10.2. The topological polar surface area (TPSA) is 51.2 Å². The number of hydrogen-bond donors (Lipinski definition) is 1. The van der Waals surface area contributed by atoms with Crippen LogP contribution in [0.2, 0.25) is 0 Å². The first kappa shape index (κ1) is 15.0. The summed E-state index contributed by atoms with van der Waals surface area (Å²) in [5.74, 6) is 1.10. The third kappa shape index (κ3) is 4.91. The smallest absolute Gasteiger partial charge is 0.269 e. The summed E-state index contributed by atoms with van der Waals surface area (Å²) in [6, 6.07) is 13.2. The van der Waals surface area contributed by atoms with Crippen LogP contribution in [0.25, 0.3) is 0 Å². The predicted octanol–water partition coefficient (Wildman–Crippen LogP) is 3.05. The highest BCUT2D eigenvalue weighted by Crippen LogP contribution is 2.11. The average molecular weight is 284 g/mol. The van der Waals surface area contributed by atoms with Crippen LogP contribution in [0.1, 0.15) is 29.9 Å². The van der Waals surface area contributed by atoms with Crippen molar-refractivity contribution >= 4 is 5.91 Å². The predicted molar refractivity (Wildman–Crippen MR) is 82.2 cm³/mol. The second kappa shape index (κ2) is 7.43. The monoisotopic (exact) mass is 284 g/mol. The van der Waals surface area contributed by atoms with E-state index in [1.807, 2.05) is 36.4 Å². The number of aromatic nitrogens is 1. The van der Waals surface area contributed by atoms with E-state index in [1.165, 1.54) is 0 Å². The fraction of sp³-hybridized carbons (Fsp3) is 0.294. The number of para-hydroxylation sites is 1. The van der Waals surface area contributed by atoms with E-state index in [-0.39, 0.29) is 5.91 Å². The number of nitrogens with one attached hydrogen (secondary N) is 1. The molecule has 110 valence electrons. The van der Waals surface area contributed by atoms with Crippen LogP contribution in [-0.2, 0) is 6.61 Å². The van der Waals surface area contributed by atoms with Gasteiger partial charge in [-0.05, 0) is 24.1 Å². The highest BCUT2D eigenvalue weighted by Gasteiger charge is 2.07. The molecule has 0 aliphatic rings. The zero-order chi connectivity index (χ0) is 15.1. The summed E-state index contributed by atoms with van der Waals surface area (Å²) in [5.41, 5.74) is 1.36. The van der Waals surface area contributed by atoms with Crippen molar-refractivity contribution in [2.45, 2.75) is 20.5 Å². The Morgan fingerprint density at radius 1 is 1.19 bits per heavy atom. The zero-order valence-electron chi connectivity index (χ0n) is 12.4. The van der Waals surface area contributed by atoms with Gasteiger partial charge in [0.25, 0.3) is 5.91 Å². The number of carbonyl (C=O) groups excluding carboxylic acids is 1. The van der Waals surface area contributed by atoms with Gasteiger partial charge in [0.2, 0.25) is 0 Å². The van der Waals surface area contributed by atoms with Crippen LogP contribution in [0.15, 0.2) is 48.7 Å². The molecule has 1 N–H and O–H groups in total. The number of hydrogen-bond acceptors (Lipinski definition) is 3. The Bertz CT molecular complexity index is 565. The van der Waals surface area contributed by atoms with Crippen molar-refractivity contribution in [1.29, 1.82) is 0 Å². The molecular weight excluding hydrogens is 264 g/mol. The Kier molecular flexibility index (Phi) is 5.32. The van der Waals surface area contributed by atoms with Crippen LogP contribution >= 0.6 is 0 Å². The average Bonchev–Trinajstić information content (AvgIpc) is 2.52. The standard InChI is InChI=1S/C17H20N2O2/c1-13(2)10-19-17(20)16-9-8-14(11-18-16)12-21-15-6-4-3-5-7-15/h3-9,11,13H,10,12H2,1-2H3,(H,19,20). The van der Waals surface area contributed by atoms with Crippen LogP contribution in [0.3, 0.4) is 0 Å². The summed E-state index contributed by atoms with van der Waals surface area (Å²) >= 11 is 0. The lowest BCUT2D eigenvalue weighted by Crippen LogP contribution is -2.28. The van der Waals surface area contributed by atoms with Crippen LogP contribution in [0.5, 0.6) is 5.75 Å². The summed E-state index contributed by atoms with van der Waals surface area (Å²) < 4.78 is 5.63. The molecule has 1 aromatic heterocycles. The molecule has 0 saturated carbocycles. The van der Waals surface area contributed by atoms with E-state index >= 15 is 0 Å². The Labute approximate surface area is 125 Å². The van der Waals surface area contributed by atoms with Crippen LogP contribution in [-0.4, -0.2) is 17.4 Å². The number of nitrogens with zero attached hydrogens (tertiary/aromatic N) is 1. The molecule has 21 heavy (non-hydrogen) atoms. The molecule has 2 aromatic rings. The normalized spacial score (nSPS) is 10.4. The van der Waals surface area contributed by atoms with Gasteiger partial charge in [-0.2, -0.15) is 0 Å². The first-order valence-electron chi connectivity index (χ1n) is 7.06. The summed E-state index contributed by atoms with van der Waals surface area (Å²) in [6.07, 6.45) is 1.67. The first-order chi connectivity index (χ1) is 10.1. The van der Waals surface area contributed by atoms with Gasteiger partial charge in [-0.3, -0.25) is 9.78 Å². The van der Waals surface area contributed by atoms with E-state index in [9.17, 15) is 4.79 Å². The summed E-state index contributed by atoms with van der Waals surface area (Å²) in [7, 11) is 0. The summed E-state index contributed by atoms with van der Waals surface area (Å²) in [4.78, 5) is 16.0. The van der Waals surface area contributed by atoms with E-state index in [0.29, 0.717) is 24.8 Å². The van der Waals surface area contributed by atoms with E-state index in [4.69, 9.17) is 4.74 Å². The van der Waals surface area contributed by atoms with Crippen molar-refractivity contribution < 1.29 is 9.53 Å². The molecule has 4 heteroatoms. The summed E-state index contributed by atoms with van der Waals surface area (Å²) in [5, 5.41) is 2.84. The lowest BCUT2D eigenvalue weighted by Gasteiger charge is -2.08. The third-order valence-corrected chi connectivity index (χ3v) is 2.88. The van der Waals surface area contributed by atoms with E-state index in [2.05, 4.69) is 24.1 Å². The van der Waals surface area contributed by atoms with Crippen molar-refractivity contribution in [3.63, 3.8) is 0 Å². The van der Waals surface area contributed by atoms with Gasteiger partial charge in [0.1, 0.15) is 18.1 Å². The van der Waals surface area contributed by atoms with Crippen LogP contribution in [0, 0.1) is 5.92 Å². The second-order valence-electron chi connectivity index (χ2n) is 5.26. The minimum Gasteiger partial charge on any atom is -0.489 e. The van der Waals surface area contributed by atoms with Gasteiger partial charge in [-0.1, -0.05) is 38.1 Å². The molecule has 2 rings (SSSR count). The Morgan fingerprint density at radius 2 is 1.95 bits per heavy atom. The Hall–Kier alpha value is -2.36.